The monoisotopic (exact) mass is 386 g/mol. The Morgan fingerprint density at radius 3 is 2.52 bits per heavy atom. The lowest BCUT2D eigenvalue weighted by Crippen LogP contribution is -2.36. The smallest absolute Gasteiger partial charge is 0.328 e. The van der Waals surface area contributed by atoms with Gasteiger partial charge in [0, 0.05) is 39.4 Å². The van der Waals surface area contributed by atoms with Crippen LogP contribution in [-0.2, 0) is 25.4 Å². The number of anilines is 2. The second-order valence-corrected chi connectivity index (χ2v) is 7.25. The van der Waals surface area contributed by atoms with Crippen molar-refractivity contribution in [3.63, 3.8) is 0 Å². The van der Waals surface area contributed by atoms with Crippen LogP contribution in [0.3, 0.4) is 0 Å². The Morgan fingerprint density at radius 2 is 1.78 bits per heavy atom. The summed E-state index contributed by atoms with van der Waals surface area (Å²) < 4.78 is 8.74. The van der Waals surface area contributed by atoms with Gasteiger partial charge in [-0.3, -0.25) is 9.13 Å². The van der Waals surface area contributed by atoms with Gasteiger partial charge in [-0.25, -0.2) is 4.79 Å². The number of nitrogens with one attached hydrogen (secondary N) is 1. The zero-order valence-electron chi connectivity index (χ0n) is 15.5. The van der Waals surface area contributed by atoms with Crippen molar-refractivity contribution in [2.75, 3.05) is 36.5 Å². The average Bonchev–Trinajstić information content (AvgIpc) is 2.91. The van der Waals surface area contributed by atoms with Gasteiger partial charge in [-0.1, -0.05) is 17.7 Å². The molecule has 0 aliphatic carbocycles. The lowest BCUT2D eigenvalue weighted by atomic mass is 10.2. The Labute approximate surface area is 162 Å². The van der Waals surface area contributed by atoms with Gasteiger partial charge in [0.05, 0.1) is 35.0 Å². The lowest BCUT2D eigenvalue weighted by Gasteiger charge is -2.29. The Kier molecular flexibility index (Phi) is 4.85. The third-order valence-electron chi connectivity index (χ3n) is 5.13. The van der Waals surface area contributed by atoms with E-state index in [1.54, 1.807) is 23.2 Å². The van der Waals surface area contributed by atoms with E-state index >= 15 is 0 Å². The quantitative estimate of drug-likeness (QED) is 0.749. The van der Waals surface area contributed by atoms with Crippen molar-refractivity contribution < 1.29 is 4.74 Å². The van der Waals surface area contributed by atoms with Crippen LogP contribution in [0.5, 0.6) is 0 Å². The van der Waals surface area contributed by atoms with Gasteiger partial charge in [0.25, 0.3) is 0 Å². The minimum atomic E-state index is -0.0133. The van der Waals surface area contributed by atoms with E-state index in [-0.39, 0.29) is 5.69 Å². The van der Waals surface area contributed by atoms with E-state index in [9.17, 15) is 4.79 Å². The fourth-order valence-corrected chi connectivity index (χ4v) is 3.84. The van der Waals surface area contributed by atoms with Crippen LogP contribution in [0, 0.1) is 0 Å². The molecule has 7 heteroatoms. The number of imidazole rings is 1. The summed E-state index contributed by atoms with van der Waals surface area (Å²) >= 11 is 6.50. The van der Waals surface area contributed by atoms with Crippen molar-refractivity contribution in [1.82, 2.24) is 9.13 Å². The predicted octanol–water partition coefficient (Wildman–Crippen LogP) is 2.98. The van der Waals surface area contributed by atoms with E-state index in [4.69, 9.17) is 16.3 Å². The molecule has 0 atom stereocenters. The summed E-state index contributed by atoms with van der Waals surface area (Å²) in [6.45, 7) is 3.86. The number of hydrogen-bond acceptors (Lipinski definition) is 4. The molecule has 0 bridgehead atoms. The van der Waals surface area contributed by atoms with Gasteiger partial charge in [0.2, 0.25) is 0 Å². The van der Waals surface area contributed by atoms with Crippen LogP contribution in [-0.4, -0.2) is 35.4 Å². The number of aryl methyl sites for hydroxylation is 2. The molecule has 3 aromatic rings. The highest BCUT2D eigenvalue weighted by Gasteiger charge is 2.14. The number of morpholine rings is 1. The minimum Gasteiger partial charge on any atom is -0.381 e. The molecule has 1 aliphatic heterocycles. The molecule has 1 aromatic heterocycles. The van der Waals surface area contributed by atoms with Gasteiger partial charge in [0.1, 0.15) is 0 Å². The molecule has 1 aliphatic rings. The van der Waals surface area contributed by atoms with Gasteiger partial charge in [0.15, 0.2) is 0 Å². The number of hydrogen-bond donors (Lipinski definition) is 1. The predicted molar refractivity (Wildman–Crippen MR) is 110 cm³/mol. The minimum absolute atomic E-state index is 0.0133. The summed E-state index contributed by atoms with van der Waals surface area (Å²) in [5.74, 6) is 0. The number of ether oxygens (including phenoxy) is 1. The molecular formula is C20H23ClN4O2. The Morgan fingerprint density at radius 1 is 1.04 bits per heavy atom. The maximum atomic E-state index is 12.1. The first kappa shape index (κ1) is 17.9. The van der Waals surface area contributed by atoms with Crippen LogP contribution < -0.4 is 15.9 Å². The topological polar surface area (TPSA) is 51.4 Å². The molecule has 0 unspecified atom stereocenters. The van der Waals surface area contributed by atoms with E-state index in [1.807, 2.05) is 30.3 Å². The van der Waals surface area contributed by atoms with Crippen LogP contribution in [0.25, 0.3) is 11.0 Å². The highest BCUT2D eigenvalue weighted by molar-refractivity contribution is 6.33. The fraction of sp³-hybridized carbons (Fsp3) is 0.350. The molecule has 1 saturated heterocycles. The third kappa shape index (κ3) is 3.42. The van der Waals surface area contributed by atoms with Gasteiger partial charge < -0.3 is 15.0 Å². The molecule has 27 heavy (non-hydrogen) atoms. The number of aromatic nitrogens is 2. The van der Waals surface area contributed by atoms with E-state index in [0.717, 1.165) is 59.3 Å². The van der Waals surface area contributed by atoms with Crippen molar-refractivity contribution >= 4 is 34.0 Å². The zero-order chi connectivity index (χ0) is 19.0. The highest BCUT2D eigenvalue weighted by atomic mass is 35.5. The van der Waals surface area contributed by atoms with Crippen molar-refractivity contribution in [2.24, 2.45) is 14.1 Å². The number of halogens is 1. The number of fused-ring (bicyclic) bond motifs is 1. The van der Waals surface area contributed by atoms with E-state index in [0.29, 0.717) is 6.54 Å². The molecule has 0 amide bonds. The number of rotatable bonds is 4. The Balaban J connectivity index is 1.50. The largest absolute Gasteiger partial charge is 0.381 e. The van der Waals surface area contributed by atoms with Crippen LogP contribution in [0.2, 0.25) is 5.02 Å². The fourth-order valence-electron chi connectivity index (χ4n) is 3.54. The molecule has 2 aromatic carbocycles. The third-order valence-corrected chi connectivity index (χ3v) is 5.44. The zero-order valence-corrected chi connectivity index (χ0v) is 16.3. The normalized spacial score (nSPS) is 14.7. The van der Waals surface area contributed by atoms with Crippen molar-refractivity contribution in [1.29, 1.82) is 0 Å². The van der Waals surface area contributed by atoms with E-state index < -0.39 is 0 Å². The lowest BCUT2D eigenvalue weighted by molar-refractivity contribution is 0.122. The van der Waals surface area contributed by atoms with Crippen molar-refractivity contribution in [2.45, 2.75) is 6.54 Å². The molecule has 142 valence electrons. The maximum absolute atomic E-state index is 12.1. The molecular weight excluding hydrogens is 364 g/mol. The molecule has 1 fully saturated rings. The number of nitrogens with zero attached hydrogens (tertiary/aromatic N) is 3. The first-order valence-corrected chi connectivity index (χ1v) is 9.43. The average molecular weight is 387 g/mol. The summed E-state index contributed by atoms with van der Waals surface area (Å²) in [5, 5.41) is 4.15. The molecule has 0 saturated carbocycles. The van der Waals surface area contributed by atoms with Gasteiger partial charge in [-0.15, -0.1) is 0 Å². The summed E-state index contributed by atoms with van der Waals surface area (Å²) in [6, 6.07) is 12.1. The highest BCUT2D eigenvalue weighted by Crippen LogP contribution is 2.29. The van der Waals surface area contributed by atoms with Crippen LogP contribution in [0.1, 0.15) is 5.56 Å². The molecule has 0 radical (unpaired) electrons. The molecule has 0 spiro atoms. The molecule has 6 nitrogen and oxygen atoms in total. The first-order chi connectivity index (χ1) is 13.0. The first-order valence-electron chi connectivity index (χ1n) is 9.05. The number of benzene rings is 2. The van der Waals surface area contributed by atoms with Gasteiger partial charge >= 0.3 is 5.69 Å². The molecule has 2 heterocycles. The van der Waals surface area contributed by atoms with E-state index in [1.165, 1.54) is 0 Å². The van der Waals surface area contributed by atoms with E-state index in [2.05, 4.69) is 16.3 Å². The van der Waals surface area contributed by atoms with Crippen molar-refractivity contribution in [3.8, 4) is 0 Å². The summed E-state index contributed by atoms with van der Waals surface area (Å²) in [5.41, 5.74) is 4.98. The second-order valence-electron chi connectivity index (χ2n) is 6.84. The van der Waals surface area contributed by atoms with Crippen LogP contribution in [0.15, 0.2) is 41.2 Å². The van der Waals surface area contributed by atoms with Gasteiger partial charge in [-0.2, -0.15) is 0 Å². The SMILES string of the molecule is Cn1c(=O)n(C)c2cc(CNc3ccc(N4CCOCC4)c(Cl)c3)ccc21. The molecule has 4 rings (SSSR count). The Bertz CT molecular complexity index is 1030. The van der Waals surface area contributed by atoms with Gasteiger partial charge in [-0.05, 0) is 35.9 Å². The van der Waals surface area contributed by atoms with Crippen LogP contribution in [0.4, 0.5) is 11.4 Å². The maximum Gasteiger partial charge on any atom is 0.328 e. The van der Waals surface area contributed by atoms with Crippen LogP contribution >= 0.6 is 11.6 Å². The summed E-state index contributed by atoms with van der Waals surface area (Å²) in [6.07, 6.45) is 0. The van der Waals surface area contributed by atoms with Crippen molar-refractivity contribution in [3.05, 3.63) is 57.5 Å². The summed E-state index contributed by atoms with van der Waals surface area (Å²) in [4.78, 5) is 14.3. The second kappa shape index (κ2) is 7.29. The summed E-state index contributed by atoms with van der Waals surface area (Å²) in [7, 11) is 3.59. The molecule has 1 N–H and O–H groups in total. The standard InChI is InChI=1S/C20H23ClN4O2/c1-23-18-5-3-14(11-19(18)24(2)20(23)26)13-22-15-4-6-17(16(21)12-15)25-7-9-27-10-8-25/h3-6,11-12,22H,7-10,13H2,1-2H3. The Hall–Kier alpha value is -2.44.